The van der Waals surface area contributed by atoms with Crippen molar-refractivity contribution in [3.8, 4) is 0 Å². The van der Waals surface area contributed by atoms with Crippen LogP contribution in [0.5, 0.6) is 0 Å². The first-order valence-corrected chi connectivity index (χ1v) is 8.62. The summed E-state index contributed by atoms with van der Waals surface area (Å²) in [6.07, 6.45) is 0.383. The largest absolute Gasteiger partial charge is 0.395 e. The van der Waals surface area contributed by atoms with E-state index in [1.165, 1.54) is 6.08 Å². The zero-order valence-corrected chi connectivity index (χ0v) is 15.4. The Kier molecular flexibility index (Phi) is 7.46. The Hall–Kier alpha value is -2.55. The molecule has 0 bridgehead atoms. The van der Waals surface area contributed by atoms with Crippen LogP contribution in [-0.2, 0) is 4.79 Å². The lowest BCUT2D eigenvalue weighted by Gasteiger charge is -2.17. The number of aliphatic hydroxyl groups excluding tert-OH is 2. The molecular weight excluding hydrogens is 402 g/mol. The number of amides is 1. The first-order valence-electron chi connectivity index (χ1n) is 7.82. The first kappa shape index (κ1) is 19.8. The molecule has 5 N–H and O–H groups in total. The number of carbonyl (C=O) groups is 1. The van der Waals surface area contributed by atoms with Gasteiger partial charge in [0.15, 0.2) is 6.23 Å². The fraction of sp³-hybridized carbons (Fsp3) is 0.167. The molecule has 0 saturated carbocycles. The highest BCUT2D eigenvalue weighted by Crippen LogP contribution is 2.18. The van der Waals surface area contributed by atoms with Crippen LogP contribution in [0.4, 0.5) is 5.69 Å². The van der Waals surface area contributed by atoms with Crippen molar-refractivity contribution in [1.29, 1.82) is 0 Å². The van der Waals surface area contributed by atoms with Gasteiger partial charge in [0.1, 0.15) is 5.70 Å². The number of benzene rings is 2. The third-order valence-corrected chi connectivity index (χ3v) is 3.91. The molecule has 2 aromatic carbocycles. The summed E-state index contributed by atoms with van der Waals surface area (Å²) in [7, 11) is 0. The number of nitroso groups, excluding NO2 is 1. The minimum atomic E-state index is -1.13. The third kappa shape index (κ3) is 5.76. The number of carbonyl (C=O) groups excluding carboxylic acids is 1. The van der Waals surface area contributed by atoms with Crippen LogP contribution in [0.2, 0.25) is 0 Å². The lowest BCUT2D eigenvalue weighted by Crippen LogP contribution is -2.55. The maximum Gasteiger partial charge on any atom is 0.267 e. The van der Waals surface area contributed by atoms with Gasteiger partial charge in [0, 0.05) is 38.8 Å². The summed E-state index contributed by atoms with van der Waals surface area (Å²) in [5.74, 6) is -0.492. The van der Waals surface area contributed by atoms with Crippen molar-refractivity contribution in [1.82, 2.24) is 10.6 Å². The molecule has 1 atom stereocenters. The van der Waals surface area contributed by atoms with Crippen LogP contribution in [0.1, 0.15) is 17.4 Å². The van der Waals surface area contributed by atoms with Crippen molar-refractivity contribution < 1.29 is 20.2 Å². The van der Waals surface area contributed by atoms with Gasteiger partial charge in [0.2, 0.25) is 0 Å². The van der Waals surface area contributed by atoms with Gasteiger partial charge in [-0.3, -0.25) is 4.79 Å². The maximum absolute atomic E-state index is 12.3. The Morgan fingerprint density at radius 3 is 2.69 bits per heavy atom. The molecule has 0 aromatic heterocycles. The lowest BCUT2D eigenvalue weighted by atomic mass is 10.1. The fourth-order valence-corrected chi connectivity index (χ4v) is 2.62. The van der Waals surface area contributed by atoms with Crippen LogP contribution in [0.15, 0.2) is 58.7 Å². The van der Waals surface area contributed by atoms with E-state index in [0.29, 0.717) is 16.8 Å². The molecule has 136 valence electrons. The minimum absolute atomic E-state index is 0.0764. The highest BCUT2D eigenvalue weighted by Gasteiger charge is 2.15. The number of hydrogen-bond acceptors (Lipinski definition) is 5. The predicted molar refractivity (Wildman–Crippen MR) is 101 cm³/mol. The summed E-state index contributed by atoms with van der Waals surface area (Å²) < 4.78 is 0.792. The summed E-state index contributed by atoms with van der Waals surface area (Å²) in [6, 6.07) is 13.6. The first-order chi connectivity index (χ1) is 12.5. The molecule has 0 fully saturated rings. The summed E-state index contributed by atoms with van der Waals surface area (Å²) in [6.45, 7) is -0.129. The highest BCUT2D eigenvalue weighted by atomic mass is 79.9. The van der Waals surface area contributed by atoms with Gasteiger partial charge in [-0.25, -0.2) is 0 Å². The number of rotatable bonds is 8. The van der Waals surface area contributed by atoms with Crippen LogP contribution < -0.4 is 15.8 Å². The van der Waals surface area contributed by atoms with E-state index < -0.39 is 12.1 Å². The standard InChI is InChI=1S/C18H18BrN3O4/c19-14-5-2-4-13(11-14)17(24)21-16(18(25)20-7-8-23)10-12-3-1-6-15(9-12)22-26/h1-6,9-11,17,21,23-24H,7-8H2,(H,20,25)/p+1/b16-10-. The Labute approximate surface area is 158 Å². The lowest BCUT2D eigenvalue weighted by molar-refractivity contribution is -0.379. The Balaban J connectivity index is 2.29. The van der Waals surface area contributed by atoms with E-state index in [9.17, 15) is 14.8 Å². The van der Waals surface area contributed by atoms with Crippen molar-refractivity contribution in [2.45, 2.75) is 6.23 Å². The smallest absolute Gasteiger partial charge is 0.267 e. The Morgan fingerprint density at radius 2 is 2.00 bits per heavy atom. The molecular formula is C18H19BrN3O4+. The van der Waals surface area contributed by atoms with Gasteiger partial charge in [-0.15, -0.1) is 0 Å². The third-order valence-electron chi connectivity index (χ3n) is 3.41. The van der Waals surface area contributed by atoms with Gasteiger partial charge in [0.05, 0.1) is 6.61 Å². The van der Waals surface area contributed by atoms with Crippen molar-refractivity contribution in [3.63, 3.8) is 0 Å². The second-order valence-electron chi connectivity index (χ2n) is 5.37. The molecule has 2 aromatic rings. The number of aliphatic hydroxyl groups is 2. The van der Waals surface area contributed by atoms with Crippen LogP contribution in [-0.4, -0.2) is 29.3 Å². The number of nitrogens with one attached hydrogen (secondary N) is 3. The minimum Gasteiger partial charge on any atom is -0.395 e. The number of halogens is 1. The van der Waals surface area contributed by atoms with Gasteiger partial charge in [-0.1, -0.05) is 40.2 Å². The molecule has 0 heterocycles. The van der Waals surface area contributed by atoms with Gasteiger partial charge in [-0.2, -0.15) is 0 Å². The van der Waals surface area contributed by atoms with E-state index in [-0.39, 0.29) is 18.8 Å². The van der Waals surface area contributed by atoms with Crippen molar-refractivity contribution in [2.75, 3.05) is 13.2 Å². The SMILES string of the molecule is O=[NH+]c1cccc(/C=C(\NC(O)c2cccc(Br)c2)C(=O)NCCO)c1. The van der Waals surface area contributed by atoms with E-state index in [0.717, 1.165) is 4.47 Å². The predicted octanol–water partition coefficient (Wildman–Crippen LogP) is 0.658. The molecule has 0 spiro atoms. The molecule has 0 radical (unpaired) electrons. The van der Waals surface area contributed by atoms with E-state index in [1.807, 2.05) is 6.07 Å². The average molecular weight is 421 g/mol. The van der Waals surface area contributed by atoms with Gasteiger partial charge < -0.3 is 20.8 Å². The molecule has 2 rings (SSSR count). The number of hydrogen-bond donors (Lipinski definition) is 5. The normalized spacial score (nSPS) is 12.3. The van der Waals surface area contributed by atoms with Crippen LogP contribution in [0, 0.1) is 4.91 Å². The fourth-order valence-electron chi connectivity index (χ4n) is 2.20. The van der Waals surface area contributed by atoms with Crippen LogP contribution in [0.3, 0.4) is 0 Å². The van der Waals surface area contributed by atoms with Crippen LogP contribution >= 0.6 is 15.9 Å². The second-order valence-corrected chi connectivity index (χ2v) is 6.28. The molecule has 0 saturated heterocycles. The molecule has 0 aliphatic heterocycles. The summed E-state index contributed by atoms with van der Waals surface area (Å²) >= 11 is 3.33. The molecule has 0 aliphatic rings. The van der Waals surface area contributed by atoms with Gasteiger partial charge in [0.25, 0.3) is 11.6 Å². The van der Waals surface area contributed by atoms with Gasteiger partial charge >= 0.3 is 0 Å². The summed E-state index contributed by atoms with van der Waals surface area (Å²) in [5, 5.41) is 26.4. The zero-order chi connectivity index (χ0) is 18.9. The Morgan fingerprint density at radius 1 is 1.23 bits per heavy atom. The van der Waals surface area contributed by atoms with E-state index in [2.05, 4.69) is 26.6 Å². The van der Waals surface area contributed by atoms with E-state index >= 15 is 0 Å². The maximum atomic E-state index is 12.3. The Bertz CT molecular complexity index is 811. The van der Waals surface area contributed by atoms with E-state index in [4.69, 9.17) is 5.11 Å². The molecule has 1 amide bonds. The van der Waals surface area contributed by atoms with Crippen molar-refractivity contribution in [2.24, 2.45) is 0 Å². The molecule has 8 heteroatoms. The summed E-state index contributed by atoms with van der Waals surface area (Å²) in [5.41, 5.74) is 1.60. The van der Waals surface area contributed by atoms with Crippen molar-refractivity contribution in [3.05, 3.63) is 74.7 Å². The molecule has 1 unspecified atom stereocenters. The van der Waals surface area contributed by atoms with E-state index in [1.54, 1.807) is 47.6 Å². The summed E-state index contributed by atoms with van der Waals surface area (Å²) in [4.78, 5) is 23.1. The topological polar surface area (TPSA) is 113 Å². The second kappa shape index (κ2) is 9.81. The average Bonchev–Trinajstić information content (AvgIpc) is 2.65. The van der Waals surface area contributed by atoms with Gasteiger partial charge in [-0.05, 0) is 23.8 Å². The molecule has 7 nitrogen and oxygen atoms in total. The zero-order valence-electron chi connectivity index (χ0n) is 13.8. The monoisotopic (exact) mass is 420 g/mol. The van der Waals surface area contributed by atoms with Crippen molar-refractivity contribution >= 4 is 33.6 Å². The molecule has 0 aliphatic carbocycles. The molecule has 26 heavy (non-hydrogen) atoms. The quantitative estimate of drug-likeness (QED) is 0.318. The van der Waals surface area contributed by atoms with Crippen LogP contribution in [0.25, 0.3) is 6.08 Å². The highest BCUT2D eigenvalue weighted by molar-refractivity contribution is 9.10.